The number of nitrogens with one attached hydrogen (secondary N) is 2. The van der Waals surface area contributed by atoms with Crippen LogP contribution in [0, 0.1) is 11.8 Å². The zero-order valence-electron chi connectivity index (χ0n) is 21.6. The summed E-state index contributed by atoms with van der Waals surface area (Å²) in [4.78, 5) is 20.8. The van der Waals surface area contributed by atoms with Crippen molar-refractivity contribution in [2.24, 2.45) is 17.6 Å². The molecule has 2 aliphatic carbocycles. The number of primary amides is 1. The summed E-state index contributed by atoms with van der Waals surface area (Å²) in [5.74, 6) is 1.97. The van der Waals surface area contributed by atoms with Gasteiger partial charge in [-0.25, -0.2) is 0 Å². The standard InChI is InChI=1S/C31H39N5O/c32-31(37)30-17-26(24-9-5-22(6-10-24)18-35-27-3-1-15-33-20-27)13-14-29(30)25-11-7-23(8-12-25)19-36-28-4-2-16-34-21-28/h1-4,13-17,20-25,35-36H,5-12,18-19H2,(H2,32,37). The van der Waals surface area contributed by atoms with Crippen LogP contribution in [0.3, 0.4) is 0 Å². The van der Waals surface area contributed by atoms with E-state index in [0.717, 1.165) is 74.1 Å². The van der Waals surface area contributed by atoms with E-state index < -0.39 is 0 Å². The van der Waals surface area contributed by atoms with Crippen molar-refractivity contribution in [3.8, 4) is 0 Å². The smallest absolute Gasteiger partial charge is 0.248 e. The lowest BCUT2D eigenvalue weighted by Gasteiger charge is -2.31. The van der Waals surface area contributed by atoms with Gasteiger partial charge < -0.3 is 16.4 Å². The molecule has 0 radical (unpaired) electrons. The van der Waals surface area contributed by atoms with Gasteiger partial charge in [-0.15, -0.1) is 0 Å². The molecule has 2 aromatic heterocycles. The minimum Gasteiger partial charge on any atom is -0.384 e. The molecule has 5 rings (SSSR count). The number of amides is 1. The van der Waals surface area contributed by atoms with Crippen molar-refractivity contribution in [3.05, 3.63) is 83.9 Å². The molecule has 0 bridgehead atoms. The molecule has 0 aliphatic heterocycles. The lowest BCUT2D eigenvalue weighted by Crippen LogP contribution is -2.23. The second-order valence-electron chi connectivity index (χ2n) is 10.9. The first-order valence-corrected chi connectivity index (χ1v) is 13.9. The van der Waals surface area contributed by atoms with Crippen molar-refractivity contribution < 1.29 is 4.79 Å². The van der Waals surface area contributed by atoms with Gasteiger partial charge in [0.2, 0.25) is 5.91 Å². The molecule has 4 N–H and O–H groups in total. The van der Waals surface area contributed by atoms with Gasteiger partial charge in [0.25, 0.3) is 0 Å². The summed E-state index contributed by atoms with van der Waals surface area (Å²) < 4.78 is 0. The summed E-state index contributed by atoms with van der Waals surface area (Å²) in [6.07, 6.45) is 16.6. The number of nitrogens with zero attached hydrogens (tertiary/aromatic N) is 2. The Hall–Kier alpha value is -3.41. The molecule has 2 heterocycles. The van der Waals surface area contributed by atoms with E-state index in [0.29, 0.717) is 23.7 Å². The van der Waals surface area contributed by atoms with Crippen LogP contribution in [0.4, 0.5) is 11.4 Å². The molecular formula is C31H39N5O. The van der Waals surface area contributed by atoms with Gasteiger partial charge in [0.15, 0.2) is 0 Å². The van der Waals surface area contributed by atoms with E-state index in [1.807, 2.05) is 24.5 Å². The third-order valence-corrected chi connectivity index (χ3v) is 8.46. The highest BCUT2D eigenvalue weighted by Gasteiger charge is 2.27. The highest BCUT2D eigenvalue weighted by atomic mass is 16.1. The summed E-state index contributed by atoms with van der Waals surface area (Å²) in [5.41, 5.74) is 11.3. The first-order valence-electron chi connectivity index (χ1n) is 13.9. The minimum absolute atomic E-state index is 0.286. The van der Waals surface area contributed by atoms with Gasteiger partial charge in [0, 0.05) is 43.4 Å². The Kier molecular flexibility index (Phi) is 8.34. The minimum atomic E-state index is -0.286. The predicted molar refractivity (Wildman–Crippen MR) is 150 cm³/mol. The van der Waals surface area contributed by atoms with Crippen molar-refractivity contribution in [2.75, 3.05) is 23.7 Å². The molecule has 2 aliphatic rings. The van der Waals surface area contributed by atoms with Gasteiger partial charge in [-0.3, -0.25) is 14.8 Å². The summed E-state index contributed by atoms with van der Waals surface area (Å²) in [5, 5.41) is 7.04. The van der Waals surface area contributed by atoms with E-state index in [9.17, 15) is 4.79 Å². The molecule has 3 aromatic rings. The Morgan fingerprint density at radius 2 is 1.30 bits per heavy atom. The SMILES string of the molecule is NC(=O)c1cc(C2CCC(CNc3cccnc3)CC2)ccc1C1CCC(CNc2cccnc2)CC1. The number of anilines is 2. The van der Waals surface area contributed by atoms with Crippen LogP contribution in [0.1, 0.15) is 84.7 Å². The predicted octanol–water partition coefficient (Wildman–Crippen LogP) is 6.35. The topological polar surface area (TPSA) is 92.9 Å². The molecular weight excluding hydrogens is 458 g/mol. The maximum atomic E-state index is 12.5. The van der Waals surface area contributed by atoms with Gasteiger partial charge in [-0.1, -0.05) is 12.1 Å². The number of hydrogen-bond donors (Lipinski definition) is 3. The molecule has 6 nitrogen and oxygen atoms in total. The second kappa shape index (κ2) is 12.2. The van der Waals surface area contributed by atoms with E-state index in [-0.39, 0.29) is 5.91 Å². The van der Waals surface area contributed by atoms with Gasteiger partial charge >= 0.3 is 0 Å². The Morgan fingerprint density at radius 3 is 1.78 bits per heavy atom. The monoisotopic (exact) mass is 497 g/mol. The van der Waals surface area contributed by atoms with Crippen LogP contribution in [-0.4, -0.2) is 29.0 Å². The Morgan fingerprint density at radius 1 is 0.757 bits per heavy atom. The molecule has 2 saturated carbocycles. The fourth-order valence-electron chi connectivity index (χ4n) is 6.23. The first-order chi connectivity index (χ1) is 18.2. The van der Waals surface area contributed by atoms with E-state index in [4.69, 9.17) is 5.73 Å². The van der Waals surface area contributed by atoms with E-state index in [2.05, 4.69) is 50.9 Å². The zero-order chi connectivity index (χ0) is 25.5. The Balaban J connectivity index is 1.14. The fraction of sp³-hybridized carbons (Fsp3) is 0.452. The van der Waals surface area contributed by atoms with Crippen LogP contribution in [0.15, 0.2) is 67.3 Å². The van der Waals surface area contributed by atoms with Crippen molar-refractivity contribution >= 4 is 17.3 Å². The van der Waals surface area contributed by atoms with Crippen LogP contribution in [0.2, 0.25) is 0 Å². The molecule has 2 fully saturated rings. The van der Waals surface area contributed by atoms with Crippen molar-refractivity contribution in [3.63, 3.8) is 0 Å². The number of aromatic nitrogens is 2. The maximum absolute atomic E-state index is 12.5. The van der Waals surface area contributed by atoms with Gasteiger partial charge in [0.05, 0.1) is 11.4 Å². The number of carbonyl (C=O) groups excluding carboxylic acids is 1. The third-order valence-electron chi connectivity index (χ3n) is 8.46. The van der Waals surface area contributed by atoms with Crippen LogP contribution in [-0.2, 0) is 0 Å². The fourth-order valence-corrected chi connectivity index (χ4v) is 6.23. The first kappa shape index (κ1) is 25.2. The summed E-state index contributed by atoms with van der Waals surface area (Å²) >= 11 is 0. The second-order valence-corrected chi connectivity index (χ2v) is 10.9. The average Bonchev–Trinajstić information content (AvgIpc) is 2.96. The molecule has 0 unspecified atom stereocenters. The van der Waals surface area contributed by atoms with Crippen LogP contribution < -0.4 is 16.4 Å². The van der Waals surface area contributed by atoms with E-state index >= 15 is 0 Å². The number of hydrogen-bond acceptors (Lipinski definition) is 5. The number of rotatable bonds is 9. The largest absolute Gasteiger partial charge is 0.384 e. The number of carbonyl (C=O) groups is 1. The highest BCUT2D eigenvalue weighted by Crippen LogP contribution is 2.40. The number of benzene rings is 1. The summed E-state index contributed by atoms with van der Waals surface area (Å²) in [6, 6.07) is 14.7. The Bertz CT molecular complexity index is 1140. The zero-order valence-corrected chi connectivity index (χ0v) is 21.6. The van der Waals surface area contributed by atoms with E-state index in [1.165, 1.54) is 18.4 Å². The van der Waals surface area contributed by atoms with Crippen LogP contribution in [0.25, 0.3) is 0 Å². The normalized spacial score (nSPS) is 23.8. The molecule has 37 heavy (non-hydrogen) atoms. The van der Waals surface area contributed by atoms with E-state index in [1.54, 1.807) is 12.4 Å². The van der Waals surface area contributed by atoms with Crippen molar-refractivity contribution in [2.45, 2.75) is 63.2 Å². The van der Waals surface area contributed by atoms with Gasteiger partial charge in [-0.05, 0) is 116 Å². The summed E-state index contributed by atoms with van der Waals surface area (Å²) in [7, 11) is 0. The molecule has 0 saturated heterocycles. The van der Waals surface area contributed by atoms with Crippen LogP contribution in [0.5, 0.6) is 0 Å². The maximum Gasteiger partial charge on any atom is 0.248 e. The molecule has 6 heteroatoms. The molecule has 1 amide bonds. The Labute approximate surface area is 220 Å². The molecule has 0 atom stereocenters. The molecule has 194 valence electrons. The van der Waals surface area contributed by atoms with Gasteiger partial charge in [-0.2, -0.15) is 0 Å². The number of pyridine rings is 2. The number of nitrogens with two attached hydrogens (primary N) is 1. The summed E-state index contributed by atoms with van der Waals surface area (Å²) in [6.45, 7) is 1.96. The average molecular weight is 498 g/mol. The molecule has 1 aromatic carbocycles. The lowest BCUT2D eigenvalue weighted by molar-refractivity contribution is 0.0998. The quantitative estimate of drug-likeness (QED) is 0.320. The van der Waals surface area contributed by atoms with Gasteiger partial charge in [0.1, 0.15) is 0 Å². The third kappa shape index (κ3) is 6.68. The highest BCUT2D eigenvalue weighted by molar-refractivity contribution is 5.94. The van der Waals surface area contributed by atoms with Crippen LogP contribution >= 0.6 is 0 Å². The lowest BCUT2D eigenvalue weighted by atomic mass is 9.75. The van der Waals surface area contributed by atoms with Crippen molar-refractivity contribution in [1.29, 1.82) is 0 Å². The molecule has 0 spiro atoms. The van der Waals surface area contributed by atoms with Crippen molar-refractivity contribution in [1.82, 2.24) is 9.97 Å².